The van der Waals surface area contributed by atoms with Gasteiger partial charge in [0.2, 0.25) is 11.8 Å². The van der Waals surface area contributed by atoms with E-state index < -0.39 is 0 Å². The fourth-order valence-electron chi connectivity index (χ4n) is 1.84. The Morgan fingerprint density at radius 3 is 2.74 bits per heavy atom. The van der Waals surface area contributed by atoms with E-state index in [0.29, 0.717) is 12.4 Å². The molecule has 1 aromatic heterocycles. The van der Waals surface area contributed by atoms with Crippen LogP contribution in [-0.2, 0) is 11.3 Å². The molecular formula is C14H23N3O2. The summed E-state index contributed by atoms with van der Waals surface area (Å²) in [6, 6.07) is 3.57. The van der Waals surface area contributed by atoms with Gasteiger partial charge < -0.3 is 15.0 Å². The zero-order chi connectivity index (χ0) is 14.3. The number of carbonyl (C=O) groups is 1. The summed E-state index contributed by atoms with van der Waals surface area (Å²) >= 11 is 0. The number of amides is 1. The van der Waals surface area contributed by atoms with Crippen LogP contribution in [-0.4, -0.2) is 42.0 Å². The maximum atomic E-state index is 12.1. The highest BCUT2D eigenvalue weighted by Gasteiger charge is 2.17. The molecule has 19 heavy (non-hydrogen) atoms. The quantitative estimate of drug-likeness (QED) is 0.810. The Morgan fingerprint density at radius 2 is 2.16 bits per heavy atom. The smallest absolute Gasteiger partial charge is 0.239 e. The van der Waals surface area contributed by atoms with Gasteiger partial charge in [-0.25, -0.2) is 4.98 Å². The Morgan fingerprint density at radius 1 is 1.47 bits per heavy atom. The van der Waals surface area contributed by atoms with E-state index in [1.54, 1.807) is 13.3 Å². The summed E-state index contributed by atoms with van der Waals surface area (Å²) in [5, 5.41) is 3.22. The van der Waals surface area contributed by atoms with Crippen molar-refractivity contribution in [2.24, 2.45) is 0 Å². The first-order chi connectivity index (χ1) is 9.12. The van der Waals surface area contributed by atoms with E-state index >= 15 is 0 Å². The third kappa shape index (κ3) is 4.52. The van der Waals surface area contributed by atoms with E-state index in [1.165, 1.54) is 0 Å². The molecule has 5 nitrogen and oxygen atoms in total. The van der Waals surface area contributed by atoms with Crippen LogP contribution in [0.3, 0.4) is 0 Å². The van der Waals surface area contributed by atoms with Crippen molar-refractivity contribution in [3.05, 3.63) is 23.9 Å². The van der Waals surface area contributed by atoms with E-state index in [2.05, 4.69) is 10.3 Å². The standard InChI is InChI=1S/C14H23N3O2/c1-5-17(6-2)14(18)11(3)16-10-12-7-8-15-13(9-12)19-4/h7-9,11,16H,5-6,10H2,1-4H3. The van der Waals surface area contributed by atoms with Crippen molar-refractivity contribution in [3.8, 4) is 5.88 Å². The third-order valence-corrected chi connectivity index (χ3v) is 3.07. The second kappa shape index (κ2) is 7.74. The SMILES string of the molecule is CCN(CC)C(=O)C(C)NCc1ccnc(OC)c1. The summed E-state index contributed by atoms with van der Waals surface area (Å²) in [5.41, 5.74) is 1.05. The Kier molecular flexibility index (Phi) is 6.29. The van der Waals surface area contributed by atoms with Crippen molar-refractivity contribution in [1.82, 2.24) is 15.2 Å². The van der Waals surface area contributed by atoms with Crippen LogP contribution in [0.2, 0.25) is 0 Å². The van der Waals surface area contributed by atoms with Crippen LogP contribution < -0.4 is 10.1 Å². The lowest BCUT2D eigenvalue weighted by atomic mass is 10.2. The second-order valence-electron chi connectivity index (χ2n) is 4.32. The number of ether oxygens (including phenoxy) is 1. The van der Waals surface area contributed by atoms with Crippen molar-refractivity contribution in [1.29, 1.82) is 0 Å². The monoisotopic (exact) mass is 265 g/mol. The molecule has 1 rings (SSSR count). The van der Waals surface area contributed by atoms with Gasteiger partial charge in [-0.05, 0) is 32.4 Å². The van der Waals surface area contributed by atoms with Crippen LogP contribution >= 0.6 is 0 Å². The summed E-state index contributed by atoms with van der Waals surface area (Å²) in [7, 11) is 1.59. The highest BCUT2D eigenvalue weighted by Crippen LogP contribution is 2.08. The highest BCUT2D eigenvalue weighted by atomic mass is 16.5. The van der Waals surface area contributed by atoms with Crippen molar-refractivity contribution in [2.45, 2.75) is 33.4 Å². The lowest BCUT2D eigenvalue weighted by molar-refractivity contribution is -0.132. The third-order valence-electron chi connectivity index (χ3n) is 3.07. The molecule has 1 N–H and O–H groups in total. The van der Waals surface area contributed by atoms with E-state index in [4.69, 9.17) is 4.74 Å². The molecule has 0 aliphatic heterocycles. The summed E-state index contributed by atoms with van der Waals surface area (Å²) in [5.74, 6) is 0.716. The van der Waals surface area contributed by atoms with Gasteiger partial charge in [-0.1, -0.05) is 0 Å². The fraction of sp³-hybridized carbons (Fsp3) is 0.571. The van der Waals surface area contributed by atoms with Crippen LogP contribution in [0.4, 0.5) is 0 Å². The number of methoxy groups -OCH3 is 1. The van der Waals surface area contributed by atoms with Crippen molar-refractivity contribution in [3.63, 3.8) is 0 Å². The molecule has 0 bridgehead atoms. The Labute approximate surface area is 115 Å². The summed E-state index contributed by atoms with van der Waals surface area (Å²) in [6.45, 7) is 7.96. The normalized spacial score (nSPS) is 12.0. The lowest BCUT2D eigenvalue weighted by Crippen LogP contribution is -2.44. The molecule has 0 saturated carbocycles. The van der Waals surface area contributed by atoms with Gasteiger partial charge in [0, 0.05) is 31.9 Å². The van der Waals surface area contributed by atoms with E-state index in [-0.39, 0.29) is 11.9 Å². The van der Waals surface area contributed by atoms with Gasteiger partial charge in [-0.3, -0.25) is 4.79 Å². The molecule has 0 spiro atoms. The maximum absolute atomic E-state index is 12.1. The van der Waals surface area contributed by atoms with Gasteiger partial charge in [0.1, 0.15) is 0 Å². The van der Waals surface area contributed by atoms with Gasteiger partial charge in [0.05, 0.1) is 13.2 Å². The molecule has 0 saturated heterocycles. The number of nitrogens with zero attached hydrogens (tertiary/aromatic N) is 2. The van der Waals surface area contributed by atoms with Crippen LogP contribution in [0.5, 0.6) is 5.88 Å². The number of carbonyl (C=O) groups excluding carboxylic acids is 1. The predicted molar refractivity (Wildman–Crippen MR) is 75.0 cm³/mol. The molecule has 1 unspecified atom stereocenters. The maximum Gasteiger partial charge on any atom is 0.239 e. The van der Waals surface area contributed by atoms with Crippen molar-refractivity contribution >= 4 is 5.91 Å². The van der Waals surface area contributed by atoms with Gasteiger partial charge >= 0.3 is 0 Å². The number of hydrogen-bond acceptors (Lipinski definition) is 4. The average molecular weight is 265 g/mol. The molecular weight excluding hydrogens is 242 g/mol. The Hall–Kier alpha value is -1.62. The number of aromatic nitrogens is 1. The largest absolute Gasteiger partial charge is 0.481 e. The average Bonchev–Trinajstić information content (AvgIpc) is 2.46. The van der Waals surface area contributed by atoms with Gasteiger partial charge in [0.15, 0.2) is 0 Å². The first-order valence-corrected chi connectivity index (χ1v) is 6.63. The van der Waals surface area contributed by atoms with Crippen LogP contribution in [0, 0.1) is 0 Å². The summed E-state index contributed by atoms with van der Waals surface area (Å²) < 4.78 is 5.07. The van der Waals surface area contributed by atoms with Crippen LogP contribution in [0.25, 0.3) is 0 Å². The number of rotatable bonds is 7. The first-order valence-electron chi connectivity index (χ1n) is 6.63. The molecule has 1 aromatic rings. The van der Waals surface area contributed by atoms with Crippen LogP contribution in [0.15, 0.2) is 18.3 Å². The molecule has 0 radical (unpaired) electrons. The van der Waals surface area contributed by atoms with E-state index in [9.17, 15) is 4.79 Å². The molecule has 0 aromatic carbocycles. The molecule has 1 atom stereocenters. The van der Waals surface area contributed by atoms with Crippen LogP contribution in [0.1, 0.15) is 26.3 Å². The van der Waals surface area contributed by atoms with E-state index in [0.717, 1.165) is 18.7 Å². The Bertz CT molecular complexity index is 405. The molecule has 1 heterocycles. The molecule has 0 aliphatic carbocycles. The minimum absolute atomic E-state index is 0.131. The van der Waals surface area contributed by atoms with Gasteiger partial charge in [-0.15, -0.1) is 0 Å². The molecule has 5 heteroatoms. The topological polar surface area (TPSA) is 54.5 Å². The zero-order valence-electron chi connectivity index (χ0n) is 12.1. The Balaban J connectivity index is 2.53. The fourth-order valence-corrected chi connectivity index (χ4v) is 1.84. The van der Waals surface area contributed by atoms with Gasteiger partial charge in [0.25, 0.3) is 0 Å². The number of likely N-dealkylation sites (N-methyl/N-ethyl adjacent to an activating group) is 1. The lowest BCUT2D eigenvalue weighted by Gasteiger charge is -2.23. The molecule has 1 amide bonds. The molecule has 0 aliphatic rings. The first kappa shape index (κ1) is 15.4. The van der Waals surface area contributed by atoms with E-state index in [1.807, 2.05) is 37.8 Å². The number of hydrogen-bond donors (Lipinski definition) is 1. The second-order valence-corrected chi connectivity index (χ2v) is 4.32. The summed E-state index contributed by atoms with van der Waals surface area (Å²) in [6.07, 6.45) is 1.70. The summed E-state index contributed by atoms with van der Waals surface area (Å²) in [4.78, 5) is 17.9. The minimum Gasteiger partial charge on any atom is -0.481 e. The number of nitrogens with one attached hydrogen (secondary N) is 1. The highest BCUT2D eigenvalue weighted by molar-refractivity contribution is 5.81. The van der Waals surface area contributed by atoms with Crippen molar-refractivity contribution < 1.29 is 9.53 Å². The zero-order valence-corrected chi connectivity index (χ0v) is 12.1. The predicted octanol–water partition coefficient (Wildman–Crippen LogP) is 1.44. The number of pyridine rings is 1. The van der Waals surface area contributed by atoms with Crippen molar-refractivity contribution in [2.75, 3.05) is 20.2 Å². The minimum atomic E-state index is -0.195. The van der Waals surface area contributed by atoms with Gasteiger partial charge in [-0.2, -0.15) is 0 Å². The molecule has 0 fully saturated rings. The molecule has 106 valence electrons.